The van der Waals surface area contributed by atoms with E-state index in [-0.39, 0.29) is 11.4 Å². The maximum absolute atomic E-state index is 9.92. The highest BCUT2D eigenvalue weighted by atomic mass is 35.5. The van der Waals surface area contributed by atoms with Crippen molar-refractivity contribution in [1.82, 2.24) is 9.97 Å². The number of nitrogens with zero attached hydrogens (tertiary/aromatic N) is 4. The Balaban J connectivity index is 1.66. The molecule has 0 saturated carbocycles. The van der Waals surface area contributed by atoms with Crippen molar-refractivity contribution in [3.63, 3.8) is 0 Å². The van der Waals surface area contributed by atoms with Gasteiger partial charge in [0.25, 0.3) is 0 Å². The van der Waals surface area contributed by atoms with Crippen molar-refractivity contribution in [1.29, 1.82) is 10.5 Å². The number of thioether (sulfide) groups is 1. The van der Waals surface area contributed by atoms with E-state index in [9.17, 15) is 10.5 Å². The molecular formula is C24H16ClN5S2. The highest BCUT2D eigenvalue weighted by Crippen LogP contribution is 2.37. The van der Waals surface area contributed by atoms with Crippen LogP contribution >= 0.6 is 34.7 Å². The van der Waals surface area contributed by atoms with E-state index in [2.05, 4.69) is 22.1 Å². The molecule has 0 aliphatic heterocycles. The summed E-state index contributed by atoms with van der Waals surface area (Å²) < 4.78 is 0. The minimum absolute atomic E-state index is 0.115. The summed E-state index contributed by atoms with van der Waals surface area (Å²) in [6.45, 7) is 1.98. The highest BCUT2D eigenvalue weighted by Gasteiger charge is 2.20. The molecule has 5 nitrogen and oxygen atoms in total. The molecule has 0 aliphatic carbocycles. The van der Waals surface area contributed by atoms with Crippen molar-refractivity contribution in [3.05, 3.63) is 81.3 Å². The molecule has 0 radical (unpaired) electrons. The van der Waals surface area contributed by atoms with Crippen molar-refractivity contribution in [3.8, 4) is 33.8 Å². The lowest BCUT2D eigenvalue weighted by atomic mass is 9.96. The second kappa shape index (κ2) is 9.42. The van der Waals surface area contributed by atoms with Crippen molar-refractivity contribution < 1.29 is 0 Å². The average molecular weight is 474 g/mol. The molecule has 0 aliphatic rings. The van der Waals surface area contributed by atoms with E-state index >= 15 is 0 Å². The number of benzene rings is 2. The lowest BCUT2D eigenvalue weighted by Crippen LogP contribution is -2.03. The van der Waals surface area contributed by atoms with E-state index < -0.39 is 0 Å². The van der Waals surface area contributed by atoms with E-state index in [1.807, 2.05) is 60.8 Å². The van der Waals surface area contributed by atoms with Crippen LogP contribution in [0.3, 0.4) is 0 Å². The van der Waals surface area contributed by atoms with Crippen molar-refractivity contribution in [2.75, 3.05) is 5.73 Å². The van der Waals surface area contributed by atoms with Crippen LogP contribution in [-0.4, -0.2) is 9.97 Å². The number of nitrogen functional groups attached to an aromatic ring is 1. The number of aryl methyl sites for hydroxylation is 1. The number of nitriles is 2. The molecule has 0 unspecified atom stereocenters. The molecule has 8 heteroatoms. The number of thiazole rings is 1. The van der Waals surface area contributed by atoms with Crippen molar-refractivity contribution in [2.24, 2.45) is 0 Å². The number of hydrogen-bond acceptors (Lipinski definition) is 7. The third kappa shape index (κ3) is 4.46. The molecule has 4 rings (SSSR count). The predicted octanol–water partition coefficient (Wildman–Crippen LogP) is 6.45. The van der Waals surface area contributed by atoms with Gasteiger partial charge < -0.3 is 5.73 Å². The molecule has 4 aromatic rings. The van der Waals surface area contributed by atoms with Crippen LogP contribution in [0.2, 0.25) is 5.02 Å². The van der Waals surface area contributed by atoms with E-state index in [0.717, 1.165) is 27.4 Å². The third-order valence-electron chi connectivity index (χ3n) is 4.76. The van der Waals surface area contributed by atoms with Gasteiger partial charge in [-0.1, -0.05) is 65.3 Å². The molecule has 2 aromatic heterocycles. The summed E-state index contributed by atoms with van der Waals surface area (Å²) in [5.74, 6) is 0.634. The summed E-state index contributed by atoms with van der Waals surface area (Å²) in [4.78, 5) is 9.05. The van der Waals surface area contributed by atoms with Gasteiger partial charge >= 0.3 is 0 Å². The van der Waals surface area contributed by atoms with Gasteiger partial charge in [-0.05, 0) is 24.6 Å². The number of hydrogen-bond donors (Lipinski definition) is 1. The van der Waals surface area contributed by atoms with E-state index in [1.165, 1.54) is 11.8 Å². The molecule has 0 atom stereocenters. The quantitative estimate of drug-likeness (QED) is 0.334. The van der Waals surface area contributed by atoms with Crippen LogP contribution in [0.25, 0.3) is 21.7 Å². The van der Waals surface area contributed by atoms with Crippen LogP contribution in [0.4, 0.5) is 5.82 Å². The Morgan fingerprint density at radius 3 is 2.28 bits per heavy atom. The zero-order valence-electron chi connectivity index (χ0n) is 17.0. The normalized spacial score (nSPS) is 10.5. The molecule has 0 saturated heterocycles. The van der Waals surface area contributed by atoms with Gasteiger partial charge in [-0.15, -0.1) is 11.3 Å². The molecule has 2 heterocycles. The smallest absolute Gasteiger partial charge is 0.143 e. The van der Waals surface area contributed by atoms with Gasteiger partial charge in [0.1, 0.15) is 33.6 Å². The van der Waals surface area contributed by atoms with Crippen LogP contribution in [0, 0.1) is 29.6 Å². The Morgan fingerprint density at radius 2 is 1.62 bits per heavy atom. The fraction of sp³-hybridized carbons (Fsp3) is 0.0833. The molecule has 0 bridgehead atoms. The van der Waals surface area contributed by atoms with Crippen molar-refractivity contribution >= 4 is 40.5 Å². The Labute approximate surface area is 199 Å². The lowest BCUT2D eigenvalue weighted by Gasteiger charge is -2.13. The molecular weight excluding hydrogens is 458 g/mol. The first-order chi connectivity index (χ1) is 15.5. The summed E-state index contributed by atoms with van der Waals surface area (Å²) in [6, 6.07) is 19.5. The van der Waals surface area contributed by atoms with Gasteiger partial charge in [-0.3, -0.25) is 0 Å². The number of anilines is 1. The molecule has 32 heavy (non-hydrogen) atoms. The Morgan fingerprint density at radius 1 is 0.969 bits per heavy atom. The van der Waals surface area contributed by atoms with Crippen LogP contribution in [0.1, 0.15) is 22.4 Å². The maximum atomic E-state index is 9.92. The van der Waals surface area contributed by atoms with E-state index in [0.29, 0.717) is 26.9 Å². The standard InChI is InChI=1S/C24H16ClN5S2/c1-14-2-4-15(5-3-14)21-19(10-26)22(28)30-24(20(21)11-27)32-13-18-12-31-23(29-18)16-6-8-17(25)9-7-16/h2-9,12H,13H2,1H3,(H2,28,30). The molecule has 156 valence electrons. The van der Waals surface area contributed by atoms with Crippen LogP contribution in [-0.2, 0) is 5.75 Å². The number of aromatic nitrogens is 2. The Bertz CT molecular complexity index is 1360. The maximum Gasteiger partial charge on any atom is 0.143 e. The highest BCUT2D eigenvalue weighted by molar-refractivity contribution is 7.98. The SMILES string of the molecule is Cc1ccc(-c2c(C#N)c(N)nc(SCc3csc(-c4ccc(Cl)cc4)n3)c2C#N)cc1. The number of nitrogens with two attached hydrogens (primary N) is 1. The minimum atomic E-state index is 0.115. The first kappa shape index (κ1) is 21.9. The first-order valence-electron chi connectivity index (χ1n) is 9.54. The van der Waals surface area contributed by atoms with Gasteiger partial charge in [-0.2, -0.15) is 10.5 Å². The van der Waals surface area contributed by atoms with Crippen LogP contribution in [0.15, 0.2) is 58.9 Å². The predicted molar refractivity (Wildman–Crippen MR) is 130 cm³/mol. The second-order valence-corrected chi connectivity index (χ2v) is 9.21. The first-order valence-corrected chi connectivity index (χ1v) is 11.8. The van der Waals surface area contributed by atoms with E-state index in [4.69, 9.17) is 17.3 Å². The largest absolute Gasteiger partial charge is 0.383 e. The lowest BCUT2D eigenvalue weighted by molar-refractivity contribution is 1.11. The third-order valence-corrected chi connectivity index (χ3v) is 6.96. The van der Waals surface area contributed by atoms with Gasteiger partial charge in [0.15, 0.2) is 0 Å². The zero-order chi connectivity index (χ0) is 22.7. The molecule has 2 aromatic carbocycles. The second-order valence-electron chi connectivity index (χ2n) is 6.96. The summed E-state index contributed by atoms with van der Waals surface area (Å²) >= 11 is 8.89. The molecule has 0 amide bonds. The van der Waals surface area contributed by atoms with Crippen molar-refractivity contribution in [2.45, 2.75) is 17.7 Å². The molecule has 0 spiro atoms. The number of halogens is 1. The Hall–Kier alpha value is -3.36. The summed E-state index contributed by atoms with van der Waals surface area (Å²) in [7, 11) is 0. The van der Waals surface area contributed by atoms with Gasteiger partial charge in [0, 0.05) is 27.3 Å². The molecule has 2 N–H and O–H groups in total. The van der Waals surface area contributed by atoms with Crippen LogP contribution < -0.4 is 5.73 Å². The fourth-order valence-corrected chi connectivity index (χ4v) is 5.10. The summed E-state index contributed by atoms with van der Waals surface area (Å²) in [5.41, 5.74) is 10.9. The fourth-order valence-electron chi connectivity index (χ4n) is 3.15. The average Bonchev–Trinajstić information content (AvgIpc) is 3.27. The Kier molecular flexibility index (Phi) is 6.43. The molecule has 0 fully saturated rings. The number of pyridine rings is 1. The summed E-state index contributed by atoms with van der Waals surface area (Å²) in [6.07, 6.45) is 0. The monoisotopic (exact) mass is 473 g/mol. The van der Waals surface area contributed by atoms with Gasteiger partial charge in [0.2, 0.25) is 0 Å². The van der Waals surface area contributed by atoms with Crippen LogP contribution in [0.5, 0.6) is 0 Å². The van der Waals surface area contributed by atoms with Gasteiger partial charge in [-0.25, -0.2) is 9.97 Å². The number of rotatable bonds is 5. The van der Waals surface area contributed by atoms with E-state index in [1.54, 1.807) is 11.3 Å². The zero-order valence-corrected chi connectivity index (χ0v) is 19.4. The topological polar surface area (TPSA) is 99.4 Å². The van der Waals surface area contributed by atoms with Gasteiger partial charge in [0.05, 0.1) is 11.3 Å². The minimum Gasteiger partial charge on any atom is -0.383 e. The summed E-state index contributed by atoms with van der Waals surface area (Å²) in [5, 5.41) is 23.6.